The Hall–Kier alpha value is -2.28. The first-order valence-electron chi connectivity index (χ1n) is 5.49. The molecule has 5 nitrogen and oxygen atoms in total. The van der Waals surface area contributed by atoms with Crippen molar-refractivity contribution >= 4 is 33.2 Å². The number of rotatable bonds is 3. The predicted molar refractivity (Wildman–Crippen MR) is 75.1 cm³/mol. The smallest absolute Gasteiger partial charge is 0.282 e. The molecule has 1 amide bonds. The van der Waals surface area contributed by atoms with E-state index in [-0.39, 0.29) is 16.9 Å². The average Bonchev–Trinajstić information content (AvgIpc) is 2.42. The summed E-state index contributed by atoms with van der Waals surface area (Å²) in [6.45, 7) is 0. The maximum absolute atomic E-state index is 13.1. The molecule has 0 aliphatic rings. The number of anilines is 1. The molecule has 0 bridgehead atoms. The summed E-state index contributed by atoms with van der Waals surface area (Å²) in [5.41, 5.74) is -0.195. The maximum atomic E-state index is 13.1. The maximum Gasteiger partial charge on any atom is 0.282 e. The van der Waals surface area contributed by atoms with Gasteiger partial charge in [0.25, 0.3) is 11.6 Å². The third kappa shape index (κ3) is 3.00. The summed E-state index contributed by atoms with van der Waals surface area (Å²) in [6, 6.07) is 9.33. The number of nitro benzene ring substituents is 1. The van der Waals surface area contributed by atoms with E-state index in [4.69, 9.17) is 0 Å². The molecular weight excluding hydrogens is 331 g/mol. The van der Waals surface area contributed by atoms with Crippen LogP contribution in [0.5, 0.6) is 0 Å². The first-order chi connectivity index (χ1) is 9.49. The van der Waals surface area contributed by atoms with Crippen LogP contribution >= 0.6 is 15.9 Å². The summed E-state index contributed by atoms with van der Waals surface area (Å²) < 4.78 is 13.6. The first kappa shape index (κ1) is 14.1. The number of halogens is 2. The Morgan fingerprint density at radius 1 is 1.25 bits per heavy atom. The number of benzene rings is 2. The topological polar surface area (TPSA) is 72.2 Å². The van der Waals surface area contributed by atoms with Crippen molar-refractivity contribution < 1.29 is 14.1 Å². The Morgan fingerprint density at radius 3 is 2.65 bits per heavy atom. The van der Waals surface area contributed by atoms with E-state index < -0.39 is 16.6 Å². The Morgan fingerprint density at radius 2 is 1.95 bits per heavy atom. The predicted octanol–water partition coefficient (Wildman–Crippen LogP) is 3.75. The SMILES string of the molecule is O=C(Nc1cc(F)ccc1Br)c1ccccc1[N+](=O)[O-]. The second-order valence-corrected chi connectivity index (χ2v) is 4.71. The summed E-state index contributed by atoms with van der Waals surface area (Å²) in [5, 5.41) is 13.3. The Balaban J connectivity index is 2.33. The van der Waals surface area contributed by atoms with Gasteiger partial charge in [-0.3, -0.25) is 14.9 Å². The number of nitrogens with zero attached hydrogens (tertiary/aromatic N) is 1. The van der Waals surface area contributed by atoms with Gasteiger partial charge in [0.1, 0.15) is 11.4 Å². The molecule has 0 fully saturated rings. The highest BCUT2D eigenvalue weighted by atomic mass is 79.9. The lowest BCUT2D eigenvalue weighted by Crippen LogP contribution is -2.14. The van der Waals surface area contributed by atoms with Gasteiger partial charge in [-0.2, -0.15) is 0 Å². The molecule has 0 radical (unpaired) electrons. The lowest BCUT2D eigenvalue weighted by molar-refractivity contribution is -0.385. The molecule has 2 aromatic rings. The molecule has 0 aliphatic carbocycles. The lowest BCUT2D eigenvalue weighted by atomic mass is 10.1. The van der Waals surface area contributed by atoms with E-state index in [2.05, 4.69) is 21.2 Å². The molecule has 1 N–H and O–H groups in total. The molecule has 7 heteroatoms. The van der Waals surface area contributed by atoms with Crippen LogP contribution in [0.1, 0.15) is 10.4 Å². The van der Waals surface area contributed by atoms with E-state index in [1.165, 1.54) is 36.4 Å². The number of hydrogen-bond donors (Lipinski definition) is 1. The average molecular weight is 339 g/mol. The zero-order chi connectivity index (χ0) is 14.7. The number of carbonyl (C=O) groups is 1. The molecule has 0 aliphatic heterocycles. The molecule has 2 rings (SSSR count). The second-order valence-electron chi connectivity index (χ2n) is 3.85. The summed E-state index contributed by atoms with van der Waals surface area (Å²) in [6.07, 6.45) is 0. The van der Waals surface area contributed by atoms with Crippen LogP contribution in [0.2, 0.25) is 0 Å². The molecule has 20 heavy (non-hydrogen) atoms. The number of nitrogens with one attached hydrogen (secondary N) is 1. The van der Waals surface area contributed by atoms with Gasteiger partial charge in [0.05, 0.1) is 10.6 Å². The monoisotopic (exact) mass is 338 g/mol. The van der Waals surface area contributed by atoms with Gasteiger partial charge in [-0.15, -0.1) is 0 Å². The van der Waals surface area contributed by atoms with E-state index in [0.29, 0.717) is 4.47 Å². The zero-order valence-corrected chi connectivity index (χ0v) is 11.6. The van der Waals surface area contributed by atoms with Crippen LogP contribution in [0.4, 0.5) is 15.8 Å². The molecule has 0 saturated heterocycles. The van der Waals surface area contributed by atoms with Crippen molar-refractivity contribution in [1.82, 2.24) is 0 Å². The fraction of sp³-hybridized carbons (Fsp3) is 0. The van der Waals surface area contributed by atoms with Gasteiger partial charge in [0, 0.05) is 10.5 Å². The van der Waals surface area contributed by atoms with E-state index in [1.807, 2.05) is 0 Å². The standard InChI is InChI=1S/C13H8BrFN2O3/c14-10-6-5-8(15)7-11(10)16-13(18)9-3-1-2-4-12(9)17(19)20/h1-7H,(H,16,18). The number of amides is 1. The van der Waals surface area contributed by atoms with Crippen molar-refractivity contribution in [3.05, 3.63) is 68.4 Å². The number of hydrogen-bond acceptors (Lipinski definition) is 3. The van der Waals surface area contributed by atoms with E-state index >= 15 is 0 Å². The van der Waals surface area contributed by atoms with Crippen LogP contribution in [0.15, 0.2) is 46.9 Å². The Kier molecular flexibility index (Phi) is 4.09. The van der Waals surface area contributed by atoms with Crippen LogP contribution in [0.25, 0.3) is 0 Å². The molecule has 0 aromatic heterocycles. The van der Waals surface area contributed by atoms with Crippen molar-refractivity contribution in [1.29, 1.82) is 0 Å². The van der Waals surface area contributed by atoms with Crippen LogP contribution in [0.3, 0.4) is 0 Å². The third-order valence-electron chi connectivity index (χ3n) is 2.52. The van der Waals surface area contributed by atoms with Crippen LogP contribution in [0, 0.1) is 15.9 Å². The van der Waals surface area contributed by atoms with Crippen LogP contribution in [-0.2, 0) is 0 Å². The van der Waals surface area contributed by atoms with Crippen LogP contribution < -0.4 is 5.32 Å². The first-order valence-corrected chi connectivity index (χ1v) is 6.28. The van der Waals surface area contributed by atoms with Gasteiger partial charge in [0.15, 0.2) is 0 Å². The highest BCUT2D eigenvalue weighted by Crippen LogP contribution is 2.25. The third-order valence-corrected chi connectivity index (χ3v) is 3.21. The number of nitro groups is 1. The fourth-order valence-corrected chi connectivity index (χ4v) is 1.95. The van der Waals surface area contributed by atoms with E-state index in [9.17, 15) is 19.3 Å². The van der Waals surface area contributed by atoms with Crippen molar-refractivity contribution in [3.8, 4) is 0 Å². The molecule has 0 spiro atoms. The zero-order valence-electron chi connectivity index (χ0n) is 9.97. The van der Waals surface area contributed by atoms with Gasteiger partial charge in [-0.25, -0.2) is 4.39 Å². The fourth-order valence-electron chi connectivity index (χ4n) is 1.61. The normalized spacial score (nSPS) is 10.1. The highest BCUT2D eigenvalue weighted by molar-refractivity contribution is 9.10. The van der Waals surface area contributed by atoms with Gasteiger partial charge in [-0.05, 0) is 40.2 Å². The minimum absolute atomic E-state index is 0.0892. The van der Waals surface area contributed by atoms with E-state index in [0.717, 1.165) is 6.07 Å². The second kappa shape index (κ2) is 5.79. The number of carbonyl (C=O) groups excluding carboxylic acids is 1. The summed E-state index contributed by atoms with van der Waals surface area (Å²) in [7, 11) is 0. The molecule has 0 atom stereocenters. The molecule has 2 aromatic carbocycles. The van der Waals surface area contributed by atoms with Crippen molar-refractivity contribution in [2.45, 2.75) is 0 Å². The molecule has 0 heterocycles. The van der Waals surface area contributed by atoms with Crippen molar-refractivity contribution in [2.75, 3.05) is 5.32 Å². The highest BCUT2D eigenvalue weighted by Gasteiger charge is 2.19. The summed E-state index contributed by atoms with van der Waals surface area (Å²) >= 11 is 3.16. The number of para-hydroxylation sites is 1. The van der Waals surface area contributed by atoms with Gasteiger partial charge >= 0.3 is 0 Å². The van der Waals surface area contributed by atoms with Gasteiger partial charge in [0.2, 0.25) is 0 Å². The summed E-state index contributed by atoms with van der Waals surface area (Å²) in [5.74, 6) is -1.20. The minimum atomic E-state index is -0.677. The minimum Gasteiger partial charge on any atom is -0.321 e. The van der Waals surface area contributed by atoms with Gasteiger partial charge < -0.3 is 5.32 Å². The molecule has 0 saturated carbocycles. The largest absolute Gasteiger partial charge is 0.321 e. The van der Waals surface area contributed by atoms with Crippen molar-refractivity contribution in [3.63, 3.8) is 0 Å². The molecule has 102 valence electrons. The van der Waals surface area contributed by atoms with Crippen LogP contribution in [-0.4, -0.2) is 10.8 Å². The summed E-state index contributed by atoms with van der Waals surface area (Å²) in [4.78, 5) is 22.3. The Labute approximate surface area is 121 Å². The van der Waals surface area contributed by atoms with Crippen molar-refractivity contribution in [2.24, 2.45) is 0 Å². The van der Waals surface area contributed by atoms with E-state index in [1.54, 1.807) is 0 Å². The quantitative estimate of drug-likeness (QED) is 0.684. The molecule has 0 unspecified atom stereocenters. The lowest BCUT2D eigenvalue weighted by Gasteiger charge is -2.07. The molecular formula is C13H8BrFN2O3. The van der Waals surface area contributed by atoms with Gasteiger partial charge in [-0.1, -0.05) is 12.1 Å². The Bertz CT molecular complexity index is 691.